The highest BCUT2D eigenvalue weighted by Gasteiger charge is 2.29. The molecule has 3 heterocycles. The van der Waals surface area contributed by atoms with Gasteiger partial charge in [0.25, 0.3) is 0 Å². The van der Waals surface area contributed by atoms with E-state index in [9.17, 15) is 4.79 Å². The van der Waals surface area contributed by atoms with Gasteiger partial charge in [-0.15, -0.1) is 23.7 Å². The van der Waals surface area contributed by atoms with Gasteiger partial charge in [-0.25, -0.2) is 0 Å². The molecule has 0 aliphatic carbocycles. The van der Waals surface area contributed by atoms with Gasteiger partial charge in [0, 0.05) is 26.2 Å². The summed E-state index contributed by atoms with van der Waals surface area (Å²) in [5.41, 5.74) is 0. The zero-order valence-corrected chi connectivity index (χ0v) is 12.5. The fraction of sp³-hybridized carbons (Fsp3) is 0.615. The van der Waals surface area contributed by atoms with Gasteiger partial charge in [-0.05, 0) is 36.9 Å². The van der Waals surface area contributed by atoms with Crippen LogP contribution in [0.15, 0.2) is 17.5 Å². The molecule has 0 aromatic carbocycles. The van der Waals surface area contributed by atoms with Crippen molar-refractivity contribution >= 4 is 34.7 Å². The number of carbonyl (C=O) groups excluding carboxylic acids is 1. The van der Waals surface area contributed by atoms with Gasteiger partial charge in [0.2, 0.25) is 5.91 Å². The summed E-state index contributed by atoms with van der Waals surface area (Å²) in [6.45, 7) is 4.62. The summed E-state index contributed by atoms with van der Waals surface area (Å²) < 4.78 is 0. The number of amides is 1. The van der Waals surface area contributed by atoms with Crippen molar-refractivity contribution in [3.63, 3.8) is 0 Å². The van der Waals surface area contributed by atoms with Crippen molar-refractivity contribution in [2.75, 3.05) is 37.6 Å². The summed E-state index contributed by atoms with van der Waals surface area (Å²) in [7, 11) is 0. The Morgan fingerprint density at radius 3 is 2.68 bits per heavy atom. The molecule has 4 nitrogen and oxygen atoms in total. The number of piperazine rings is 1. The van der Waals surface area contributed by atoms with Crippen molar-refractivity contribution in [1.82, 2.24) is 10.2 Å². The van der Waals surface area contributed by atoms with Crippen LogP contribution in [0.5, 0.6) is 0 Å². The predicted octanol–water partition coefficient (Wildman–Crippen LogP) is 1.57. The van der Waals surface area contributed by atoms with E-state index >= 15 is 0 Å². The van der Waals surface area contributed by atoms with E-state index in [2.05, 4.69) is 27.7 Å². The number of anilines is 1. The Morgan fingerprint density at radius 2 is 2.11 bits per heavy atom. The van der Waals surface area contributed by atoms with Crippen LogP contribution in [-0.4, -0.2) is 49.6 Å². The van der Waals surface area contributed by atoms with Crippen LogP contribution in [0.4, 0.5) is 5.00 Å². The van der Waals surface area contributed by atoms with E-state index in [-0.39, 0.29) is 18.4 Å². The Labute approximate surface area is 124 Å². The smallest absolute Gasteiger partial charge is 0.239 e. The summed E-state index contributed by atoms with van der Waals surface area (Å²) in [6.07, 6.45) is 2.13. The highest BCUT2D eigenvalue weighted by molar-refractivity contribution is 7.14. The second kappa shape index (κ2) is 6.59. The lowest BCUT2D eigenvalue weighted by Crippen LogP contribution is -2.53. The normalized spacial score (nSPS) is 23.3. The number of nitrogens with one attached hydrogen (secondary N) is 1. The summed E-state index contributed by atoms with van der Waals surface area (Å²) in [4.78, 5) is 16.6. The maximum Gasteiger partial charge on any atom is 0.239 e. The maximum absolute atomic E-state index is 12.2. The van der Waals surface area contributed by atoms with E-state index in [4.69, 9.17) is 0 Å². The molecule has 2 fully saturated rings. The van der Waals surface area contributed by atoms with E-state index in [0.717, 1.165) is 45.6 Å². The number of nitrogens with zero attached hydrogens (tertiary/aromatic N) is 2. The Morgan fingerprint density at radius 1 is 1.32 bits per heavy atom. The van der Waals surface area contributed by atoms with Gasteiger partial charge in [0.05, 0.1) is 11.0 Å². The molecule has 1 aromatic rings. The van der Waals surface area contributed by atoms with E-state index in [1.807, 2.05) is 4.90 Å². The standard InChI is InChI=1S/C13H19N3OS.ClH/c17-13(11-3-1-5-14-11)16-8-6-15(7-9-16)12-4-2-10-18-12;/h2,4,10-11,14H,1,3,5-9H2;1H. The molecule has 2 aliphatic heterocycles. The van der Waals surface area contributed by atoms with Gasteiger partial charge in [-0.2, -0.15) is 0 Å². The Balaban J connectivity index is 0.00000133. The van der Waals surface area contributed by atoms with Crippen LogP contribution in [0.1, 0.15) is 12.8 Å². The monoisotopic (exact) mass is 301 g/mol. The molecule has 106 valence electrons. The Kier molecular flexibility index (Phi) is 5.07. The third-order valence-corrected chi connectivity index (χ3v) is 4.70. The summed E-state index contributed by atoms with van der Waals surface area (Å²) >= 11 is 1.77. The molecule has 0 spiro atoms. The van der Waals surface area contributed by atoms with E-state index in [0.29, 0.717) is 5.91 Å². The van der Waals surface area contributed by atoms with Gasteiger partial charge >= 0.3 is 0 Å². The SMILES string of the molecule is Cl.O=C(C1CCCN1)N1CCN(c2cccs2)CC1. The highest BCUT2D eigenvalue weighted by Crippen LogP contribution is 2.22. The molecule has 0 saturated carbocycles. The average Bonchev–Trinajstić information content (AvgIpc) is 3.11. The molecule has 0 bridgehead atoms. The predicted molar refractivity (Wildman–Crippen MR) is 81.4 cm³/mol. The number of carbonyl (C=O) groups is 1. The third-order valence-electron chi connectivity index (χ3n) is 3.77. The third kappa shape index (κ3) is 3.22. The summed E-state index contributed by atoms with van der Waals surface area (Å²) in [6, 6.07) is 4.32. The number of hydrogen-bond donors (Lipinski definition) is 1. The maximum atomic E-state index is 12.2. The number of rotatable bonds is 2. The molecule has 2 aliphatic rings. The first-order valence-electron chi connectivity index (χ1n) is 6.65. The first-order chi connectivity index (χ1) is 8.84. The molecule has 6 heteroatoms. The zero-order valence-electron chi connectivity index (χ0n) is 10.9. The van der Waals surface area contributed by atoms with Crippen molar-refractivity contribution in [1.29, 1.82) is 0 Å². The molecule has 1 N–H and O–H groups in total. The lowest BCUT2D eigenvalue weighted by molar-refractivity contribution is -0.133. The molecular weight excluding hydrogens is 282 g/mol. The fourth-order valence-corrected chi connectivity index (χ4v) is 3.50. The average molecular weight is 302 g/mol. The Hall–Kier alpha value is -0.780. The first-order valence-corrected chi connectivity index (χ1v) is 7.53. The van der Waals surface area contributed by atoms with Gasteiger partial charge in [0.1, 0.15) is 0 Å². The number of hydrogen-bond acceptors (Lipinski definition) is 4. The molecule has 19 heavy (non-hydrogen) atoms. The summed E-state index contributed by atoms with van der Waals surface area (Å²) in [5.74, 6) is 0.304. The highest BCUT2D eigenvalue weighted by atomic mass is 35.5. The zero-order chi connectivity index (χ0) is 12.4. The molecule has 0 radical (unpaired) electrons. The quantitative estimate of drug-likeness (QED) is 0.901. The Bertz CT molecular complexity index is 398. The van der Waals surface area contributed by atoms with Gasteiger partial charge < -0.3 is 15.1 Å². The van der Waals surface area contributed by atoms with Crippen LogP contribution < -0.4 is 10.2 Å². The van der Waals surface area contributed by atoms with Crippen molar-refractivity contribution in [3.8, 4) is 0 Å². The molecule has 1 unspecified atom stereocenters. The molecular formula is C13H20ClN3OS. The minimum absolute atomic E-state index is 0. The van der Waals surface area contributed by atoms with Gasteiger partial charge in [0.15, 0.2) is 0 Å². The largest absolute Gasteiger partial charge is 0.360 e. The van der Waals surface area contributed by atoms with Crippen molar-refractivity contribution in [2.24, 2.45) is 0 Å². The number of halogens is 1. The van der Waals surface area contributed by atoms with E-state index < -0.39 is 0 Å². The van der Waals surface area contributed by atoms with E-state index in [1.165, 1.54) is 5.00 Å². The lowest BCUT2D eigenvalue weighted by Gasteiger charge is -2.36. The molecule has 1 amide bonds. The van der Waals surface area contributed by atoms with Gasteiger partial charge in [-0.1, -0.05) is 0 Å². The van der Waals surface area contributed by atoms with Crippen LogP contribution in [0.25, 0.3) is 0 Å². The van der Waals surface area contributed by atoms with Crippen LogP contribution in [-0.2, 0) is 4.79 Å². The number of thiophene rings is 1. The van der Waals surface area contributed by atoms with Crippen molar-refractivity contribution < 1.29 is 4.79 Å². The van der Waals surface area contributed by atoms with E-state index in [1.54, 1.807) is 11.3 Å². The molecule has 1 atom stereocenters. The fourth-order valence-electron chi connectivity index (χ4n) is 2.71. The van der Waals surface area contributed by atoms with Crippen LogP contribution in [0.3, 0.4) is 0 Å². The second-order valence-electron chi connectivity index (χ2n) is 4.91. The summed E-state index contributed by atoms with van der Waals surface area (Å²) in [5, 5.41) is 6.72. The minimum Gasteiger partial charge on any atom is -0.360 e. The van der Waals surface area contributed by atoms with Crippen molar-refractivity contribution in [2.45, 2.75) is 18.9 Å². The molecule has 1 aromatic heterocycles. The van der Waals surface area contributed by atoms with Gasteiger partial charge in [-0.3, -0.25) is 4.79 Å². The first kappa shape index (κ1) is 14.6. The van der Waals surface area contributed by atoms with Crippen molar-refractivity contribution in [3.05, 3.63) is 17.5 Å². The topological polar surface area (TPSA) is 35.6 Å². The molecule has 2 saturated heterocycles. The van der Waals surface area contributed by atoms with Crippen LogP contribution >= 0.6 is 23.7 Å². The van der Waals surface area contributed by atoms with Crippen LogP contribution in [0, 0.1) is 0 Å². The lowest BCUT2D eigenvalue weighted by atomic mass is 10.2. The molecule has 3 rings (SSSR count). The minimum atomic E-state index is 0. The van der Waals surface area contributed by atoms with Crippen LogP contribution in [0.2, 0.25) is 0 Å². The second-order valence-corrected chi connectivity index (χ2v) is 5.84.